The topological polar surface area (TPSA) is 53.3 Å². The summed E-state index contributed by atoms with van der Waals surface area (Å²) >= 11 is 3.69. The molecule has 0 bridgehead atoms. The molecule has 0 N–H and O–H groups in total. The summed E-state index contributed by atoms with van der Waals surface area (Å²) in [4.78, 5) is 16.7. The maximum atomic E-state index is 11.8. The van der Waals surface area contributed by atoms with E-state index in [1.165, 1.54) is 7.11 Å². The zero-order valence-corrected chi connectivity index (χ0v) is 14.3. The number of rotatable bonds is 5. The largest absolute Gasteiger partial charge is 0.465 e. The molecule has 0 saturated carbocycles. The predicted molar refractivity (Wildman–Crippen MR) is 87.4 cm³/mol. The van der Waals surface area contributed by atoms with Gasteiger partial charge in [-0.2, -0.15) is 0 Å². The number of fused-ring (bicyclic) bond motifs is 1. The van der Waals surface area contributed by atoms with Crippen LogP contribution in [0.2, 0.25) is 0 Å². The lowest BCUT2D eigenvalue weighted by Crippen LogP contribution is -2.31. The highest BCUT2D eigenvalue weighted by Crippen LogP contribution is 2.30. The second-order valence-corrected chi connectivity index (χ2v) is 6.54. The number of ether oxygens (including phenoxy) is 2. The van der Waals surface area contributed by atoms with Gasteiger partial charge in [0.05, 0.1) is 41.2 Å². The number of halogens is 1. The first-order chi connectivity index (χ1) is 10.6. The fourth-order valence-electron chi connectivity index (χ4n) is 2.63. The molecule has 2 aromatic rings. The number of hydrogen-bond acceptors (Lipinski definition) is 4. The van der Waals surface area contributed by atoms with Crippen LogP contribution in [0.5, 0.6) is 0 Å². The molecular weight excluding hydrogens is 348 g/mol. The van der Waals surface area contributed by atoms with E-state index < -0.39 is 0 Å². The molecule has 1 aromatic carbocycles. The minimum absolute atomic E-state index is 0.182. The van der Waals surface area contributed by atoms with Gasteiger partial charge in [-0.15, -0.1) is 0 Å². The van der Waals surface area contributed by atoms with Gasteiger partial charge in [-0.05, 0) is 31.0 Å². The molecule has 2 atom stereocenters. The minimum atomic E-state index is -0.332. The molecule has 1 aromatic heterocycles. The molecule has 22 heavy (non-hydrogen) atoms. The van der Waals surface area contributed by atoms with Crippen LogP contribution in [0, 0.1) is 0 Å². The fourth-order valence-corrected chi connectivity index (χ4v) is 2.98. The quantitative estimate of drug-likeness (QED) is 0.600. The summed E-state index contributed by atoms with van der Waals surface area (Å²) in [5.41, 5.74) is 2.38. The van der Waals surface area contributed by atoms with Crippen LogP contribution in [0.15, 0.2) is 18.2 Å². The zero-order chi connectivity index (χ0) is 15.7. The number of methoxy groups -OCH3 is 1. The van der Waals surface area contributed by atoms with E-state index in [1.807, 2.05) is 12.1 Å². The van der Waals surface area contributed by atoms with Crippen LogP contribution >= 0.6 is 15.9 Å². The van der Waals surface area contributed by atoms with Crippen molar-refractivity contribution in [3.8, 4) is 0 Å². The molecule has 3 rings (SSSR count). The summed E-state index contributed by atoms with van der Waals surface area (Å²) < 4.78 is 12.5. The second kappa shape index (κ2) is 6.38. The lowest BCUT2D eigenvalue weighted by molar-refractivity contribution is -0.0590. The normalized spacial score (nSPS) is 19.0. The number of benzene rings is 1. The molecule has 1 aliphatic rings. The van der Waals surface area contributed by atoms with Crippen molar-refractivity contribution in [2.45, 2.75) is 37.2 Å². The van der Waals surface area contributed by atoms with Gasteiger partial charge >= 0.3 is 5.97 Å². The highest BCUT2D eigenvalue weighted by atomic mass is 79.9. The van der Waals surface area contributed by atoms with Crippen LogP contribution in [0.4, 0.5) is 0 Å². The number of aromatic nitrogens is 2. The molecule has 1 saturated heterocycles. The molecule has 118 valence electrons. The third-order valence-corrected chi connectivity index (χ3v) is 5.07. The van der Waals surface area contributed by atoms with Crippen molar-refractivity contribution in [3.63, 3.8) is 0 Å². The van der Waals surface area contributed by atoms with Crippen molar-refractivity contribution in [3.05, 3.63) is 29.6 Å². The Balaban J connectivity index is 2.08. The van der Waals surface area contributed by atoms with Gasteiger partial charge in [-0.1, -0.05) is 22.9 Å². The Bertz CT molecular complexity index is 694. The maximum absolute atomic E-state index is 11.8. The van der Waals surface area contributed by atoms with E-state index in [0.717, 1.165) is 42.9 Å². The average Bonchev–Trinajstić information content (AvgIpc) is 2.86. The van der Waals surface area contributed by atoms with Gasteiger partial charge in [0, 0.05) is 6.61 Å². The summed E-state index contributed by atoms with van der Waals surface area (Å²) in [6, 6.07) is 5.48. The predicted octanol–water partition coefficient (Wildman–Crippen LogP) is 3.46. The molecular formula is C16H19BrN2O3. The van der Waals surface area contributed by atoms with Crippen molar-refractivity contribution < 1.29 is 14.3 Å². The van der Waals surface area contributed by atoms with E-state index in [2.05, 4.69) is 27.4 Å². The lowest BCUT2D eigenvalue weighted by Gasteiger charge is -2.28. The molecule has 0 aliphatic carbocycles. The van der Waals surface area contributed by atoms with Gasteiger partial charge in [0.2, 0.25) is 0 Å². The van der Waals surface area contributed by atoms with Gasteiger partial charge < -0.3 is 14.0 Å². The third-order valence-electron chi connectivity index (χ3n) is 4.02. The molecule has 6 heteroatoms. The molecule has 1 fully saturated rings. The monoisotopic (exact) mass is 366 g/mol. The van der Waals surface area contributed by atoms with E-state index in [1.54, 1.807) is 6.07 Å². The van der Waals surface area contributed by atoms with Gasteiger partial charge in [-0.3, -0.25) is 0 Å². The zero-order valence-electron chi connectivity index (χ0n) is 12.7. The SMILES string of the molecule is CC[C@H](Br)c1nc2ccc(C(=O)OC)cc2n1C[C@@H]1CCO1. The van der Waals surface area contributed by atoms with E-state index in [0.29, 0.717) is 5.56 Å². The number of carbonyl (C=O) groups excluding carboxylic acids is 1. The summed E-state index contributed by atoms with van der Waals surface area (Å²) in [5.74, 6) is 0.650. The summed E-state index contributed by atoms with van der Waals surface area (Å²) in [6.45, 7) is 3.70. The van der Waals surface area contributed by atoms with Gasteiger partial charge in [0.15, 0.2) is 0 Å². The second-order valence-electron chi connectivity index (χ2n) is 5.43. The molecule has 0 radical (unpaired) electrons. The van der Waals surface area contributed by atoms with Crippen LogP contribution in [0.1, 0.15) is 40.8 Å². The fraction of sp³-hybridized carbons (Fsp3) is 0.500. The Labute approximate surface area is 137 Å². The summed E-state index contributed by atoms with van der Waals surface area (Å²) in [5, 5.41) is 0. The van der Waals surface area contributed by atoms with Crippen molar-refractivity contribution in [1.29, 1.82) is 0 Å². The highest BCUT2D eigenvalue weighted by molar-refractivity contribution is 9.09. The molecule has 2 heterocycles. The Hall–Kier alpha value is -1.40. The van der Waals surface area contributed by atoms with Crippen molar-refractivity contribution in [2.24, 2.45) is 0 Å². The first kappa shape index (κ1) is 15.5. The first-order valence-electron chi connectivity index (χ1n) is 7.48. The van der Waals surface area contributed by atoms with Crippen LogP contribution in [0.3, 0.4) is 0 Å². The first-order valence-corrected chi connectivity index (χ1v) is 8.39. The molecule has 1 aliphatic heterocycles. The standard InChI is InChI=1S/C16H19BrN2O3/c1-3-12(17)15-18-13-5-4-10(16(20)21-2)8-14(13)19(15)9-11-6-7-22-11/h4-5,8,11-12H,3,6-7,9H2,1-2H3/t11-,12-/m0/s1. The van der Waals surface area contributed by atoms with Crippen LogP contribution in [0.25, 0.3) is 11.0 Å². The smallest absolute Gasteiger partial charge is 0.337 e. The number of hydrogen-bond donors (Lipinski definition) is 0. The highest BCUT2D eigenvalue weighted by Gasteiger charge is 2.24. The van der Waals surface area contributed by atoms with E-state index in [4.69, 9.17) is 14.5 Å². The van der Waals surface area contributed by atoms with Crippen LogP contribution < -0.4 is 0 Å². The van der Waals surface area contributed by atoms with Crippen molar-refractivity contribution in [1.82, 2.24) is 9.55 Å². The number of imidazole rings is 1. The summed E-state index contributed by atoms with van der Waals surface area (Å²) in [7, 11) is 1.39. The van der Waals surface area contributed by atoms with E-state index in [9.17, 15) is 4.79 Å². The Morgan fingerprint density at radius 2 is 2.36 bits per heavy atom. The maximum Gasteiger partial charge on any atom is 0.337 e. The Kier molecular flexibility index (Phi) is 4.49. The summed E-state index contributed by atoms with van der Waals surface area (Å²) in [6.07, 6.45) is 2.24. The Morgan fingerprint density at radius 3 is 2.95 bits per heavy atom. The number of nitrogens with zero attached hydrogens (tertiary/aromatic N) is 2. The van der Waals surface area contributed by atoms with Crippen LogP contribution in [-0.4, -0.2) is 35.3 Å². The van der Waals surface area contributed by atoms with Crippen molar-refractivity contribution in [2.75, 3.05) is 13.7 Å². The van der Waals surface area contributed by atoms with Crippen molar-refractivity contribution >= 4 is 32.9 Å². The molecule has 0 spiro atoms. The molecule has 0 unspecified atom stereocenters. The Morgan fingerprint density at radius 1 is 1.59 bits per heavy atom. The molecule has 5 nitrogen and oxygen atoms in total. The van der Waals surface area contributed by atoms with Gasteiger partial charge in [0.1, 0.15) is 5.82 Å². The average molecular weight is 367 g/mol. The third kappa shape index (κ3) is 2.77. The number of carbonyl (C=O) groups is 1. The van der Waals surface area contributed by atoms with E-state index >= 15 is 0 Å². The van der Waals surface area contributed by atoms with Gasteiger partial charge in [-0.25, -0.2) is 9.78 Å². The number of esters is 1. The molecule has 0 amide bonds. The van der Waals surface area contributed by atoms with E-state index in [-0.39, 0.29) is 16.9 Å². The van der Waals surface area contributed by atoms with Crippen LogP contribution in [-0.2, 0) is 16.0 Å². The minimum Gasteiger partial charge on any atom is -0.465 e. The lowest BCUT2D eigenvalue weighted by atomic mass is 10.1. The van der Waals surface area contributed by atoms with Gasteiger partial charge in [0.25, 0.3) is 0 Å². The number of alkyl halides is 1.